The molecule has 1 atom stereocenters. The molecule has 0 spiro atoms. The number of esters is 1. The van der Waals surface area contributed by atoms with Gasteiger partial charge in [-0.25, -0.2) is 4.79 Å². The van der Waals surface area contributed by atoms with E-state index < -0.39 is 5.97 Å². The number of aryl methyl sites for hydroxylation is 1. The number of nitrogens with zero attached hydrogens (tertiary/aromatic N) is 1. The zero-order valence-corrected chi connectivity index (χ0v) is 14.7. The predicted octanol–water partition coefficient (Wildman–Crippen LogP) is 2.92. The number of para-hydroxylation sites is 2. The average molecular weight is 352 g/mol. The van der Waals surface area contributed by atoms with E-state index in [1.165, 1.54) is 4.90 Å². The first-order valence-corrected chi connectivity index (χ1v) is 8.41. The number of carbonyl (C=O) groups excluding carboxylic acids is 3. The highest BCUT2D eigenvalue weighted by Crippen LogP contribution is 2.31. The highest BCUT2D eigenvalue weighted by molar-refractivity contribution is 6.05. The summed E-state index contributed by atoms with van der Waals surface area (Å²) < 4.78 is 5.22. The molecule has 6 heteroatoms. The first-order valence-electron chi connectivity index (χ1n) is 8.41. The minimum Gasteiger partial charge on any atom is -0.452 e. The predicted molar refractivity (Wildman–Crippen MR) is 98.1 cm³/mol. The Morgan fingerprint density at radius 3 is 2.62 bits per heavy atom. The lowest BCUT2D eigenvalue weighted by molar-refractivity contribution is -0.122. The van der Waals surface area contributed by atoms with Gasteiger partial charge in [0.15, 0.2) is 6.61 Å². The summed E-state index contributed by atoms with van der Waals surface area (Å²) in [4.78, 5) is 38.5. The van der Waals surface area contributed by atoms with Crippen LogP contribution in [0.15, 0.2) is 48.5 Å². The third-order valence-corrected chi connectivity index (χ3v) is 4.32. The van der Waals surface area contributed by atoms with Crippen LogP contribution < -0.4 is 10.2 Å². The zero-order chi connectivity index (χ0) is 18.7. The molecule has 2 aromatic rings. The summed E-state index contributed by atoms with van der Waals surface area (Å²) >= 11 is 0. The van der Waals surface area contributed by atoms with Gasteiger partial charge >= 0.3 is 5.97 Å². The summed E-state index contributed by atoms with van der Waals surface area (Å²) in [6.45, 7) is 3.21. The molecule has 0 aliphatic carbocycles. The lowest BCUT2D eigenvalue weighted by Gasteiger charge is -2.27. The van der Waals surface area contributed by atoms with Gasteiger partial charge in [0.25, 0.3) is 5.91 Å². The molecule has 1 heterocycles. The van der Waals surface area contributed by atoms with Crippen molar-refractivity contribution in [3.63, 3.8) is 0 Å². The number of amides is 2. The summed E-state index contributed by atoms with van der Waals surface area (Å²) in [5.74, 6) is -1.07. The Balaban J connectivity index is 1.77. The standard InChI is InChI=1S/C20H20N2O4/c1-13-7-3-4-8-15(13)20(25)26-12-19(24)22-14(2)11-18(23)21-16-9-5-6-10-17(16)22/h3-10,14H,11-12H2,1-2H3,(H,21,23)/t14-/m1/s1. The van der Waals surface area contributed by atoms with Crippen LogP contribution in [0.3, 0.4) is 0 Å². The van der Waals surface area contributed by atoms with E-state index in [0.717, 1.165) is 5.56 Å². The molecule has 6 nitrogen and oxygen atoms in total. The Bertz CT molecular complexity index is 862. The van der Waals surface area contributed by atoms with E-state index in [-0.39, 0.29) is 30.9 Å². The van der Waals surface area contributed by atoms with Crippen LogP contribution in [-0.4, -0.2) is 30.4 Å². The highest BCUT2D eigenvalue weighted by atomic mass is 16.5. The van der Waals surface area contributed by atoms with Gasteiger partial charge in [-0.1, -0.05) is 30.3 Å². The first-order chi connectivity index (χ1) is 12.5. The second kappa shape index (κ2) is 7.39. The van der Waals surface area contributed by atoms with Gasteiger partial charge in [-0.05, 0) is 37.6 Å². The van der Waals surface area contributed by atoms with Gasteiger partial charge in [0.1, 0.15) is 0 Å². The van der Waals surface area contributed by atoms with Gasteiger partial charge in [-0.3, -0.25) is 9.59 Å². The zero-order valence-electron chi connectivity index (χ0n) is 14.7. The molecule has 26 heavy (non-hydrogen) atoms. The molecule has 2 aromatic carbocycles. The maximum absolute atomic E-state index is 12.8. The second-order valence-electron chi connectivity index (χ2n) is 6.27. The molecule has 0 saturated heterocycles. The molecule has 134 valence electrons. The van der Waals surface area contributed by atoms with E-state index in [4.69, 9.17) is 4.74 Å². The Morgan fingerprint density at radius 2 is 1.85 bits per heavy atom. The number of ether oxygens (including phenoxy) is 1. The maximum atomic E-state index is 12.8. The van der Waals surface area contributed by atoms with Crippen LogP contribution in [0, 0.1) is 6.92 Å². The Hall–Kier alpha value is -3.15. The van der Waals surface area contributed by atoms with Crippen LogP contribution in [0.5, 0.6) is 0 Å². The van der Waals surface area contributed by atoms with Gasteiger partial charge < -0.3 is 15.0 Å². The SMILES string of the molecule is Cc1ccccc1C(=O)OCC(=O)N1c2ccccc2NC(=O)C[C@H]1C. The smallest absolute Gasteiger partial charge is 0.338 e. The Kier molecular flexibility index (Phi) is 5.02. The van der Waals surface area contributed by atoms with Crippen molar-refractivity contribution < 1.29 is 19.1 Å². The maximum Gasteiger partial charge on any atom is 0.338 e. The van der Waals surface area contributed by atoms with Crippen molar-refractivity contribution in [3.8, 4) is 0 Å². The molecular weight excluding hydrogens is 332 g/mol. The summed E-state index contributed by atoms with van der Waals surface area (Å²) in [6.07, 6.45) is 0.173. The fourth-order valence-electron chi connectivity index (χ4n) is 3.04. The highest BCUT2D eigenvalue weighted by Gasteiger charge is 2.30. The molecule has 0 radical (unpaired) electrons. The lowest BCUT2D eigenvalue weighted by Crippen LogP contribution is -2.41. The quantitative estimate of drug-likeness (QED) is 0.862. The van der Waals surface area contributed by atoms with Crippen molar-refractivity contribution in [3.05, 3.63) is 59.7 Å². The van der Waals surface area contributed by atoms with Crippen LogP contribution in [0.4, 0.5) is 11.4 Å². The number of nitrogens with one attached hydrogen (secondary N) is 1. The van der Waals surface area contributed by atoms with Gasteiger partial charge in [-0.15, -0.1) is 0 Å². The van der Waals surface area contributed by atoms with Gasteiger partial charge in [0.05, 0.1) is 16.9 Å². The molecule has 0 saturated carbocycles. The van der Waals surface area contributed by atoms with Crippen LogP contribution in [0.1, 0.15) is 29.3 Å². The number of rotatable bonds is 3. The van der Waals surface area contributed by atoms with Crippen LogP contribution in [-0.2, 0) is 14.3 Å². The third-order valence-electron chi connectivity index (χ3n) is 4.32. The van der Waals surface area contributed by atoms with E-state index in [2.05, 4.69) is 5.32 Å². The van der Waals surface area contributed by atoms with Crippen molar-refractivity contribution in [1.82, 2.24) is 0 Å². The molecule has 0 aromatic heterocycles. The number of hydrogen-bond acceptors (Lipinski definition) is 4. The Labute approximate surface area is 151 Å². The molecule has 1 aliphatic rings. The lowest BCUT2D eigenvalue weighted by atomic mass is 10.1. The number of hydrogen-bond donors (Lipinski definition) is 1. The molecule has 2 amide bonds. The van der Waals surface area contributed by atoms with Gasteiger partial charge in [0, 0.05) is 12.5 Å². The summed E-state index contributed by atoms with van der Waals surface area (Å²) in [6, 6.07) is 13.8. The summed E-state index contributed by atoms with van der Waals surface area (Å²) in [5, 5.41) is 2.80. The summed E-state index contributed by atoms with van der Waals surface area (Å²) in [5.41, 5.74) is 2.39. The minimum atomic E-state index is -0.540. The fourth-order valence-corrected chi connectivity index (χ4v) is 3.04. The van der Waals surface area contributed by atoms with E-state index in [1.54, 1.807) is 43.3 Å². The van der Waals surface area contributed by atoms with E-state index in [1.807, 2.05) is 19.1 Å². The molecule has 1 aliphatic heterocycles. The van der Waals surface area contributed by atoms with Gasteiger partial charge in [0.2, 0.25) is 5.91 Å². The molecule has 0 unspecified atom stereocenters. The van der Waals surface area contributed by atoms with Crippen molar-refractivity contribution in [2.45, 2.75) is 26.3 Å². The largest absolute Gasteiger partial charge is 0.452 e. The number of carbonyl (C=O) groups is 3. The van der Waals surface area contributed by atoms with Crippen molar-refractivity contribution in [1.29, 1.82) is 0 Å². The van der Waals surface area contributed by atoms with E-state index in [9.17, 15) is 14.4 Å². The monoisotopic (exact) mass is 352 g/mol. The van der Waals surface area contributed by atoms with Gasteiger partial charge in [-0.2, -0.15) is 0 Å². The Morgan fingerprint density at radius 1 is 1.15 bits per heavy atom. The first kappa shape index (κ1) is 17.7. The van der Waals surface area contributed by atoms with Crippen molar-refractivity contribution in [2.24, 2.45) is 0 Å². The normalized spacial score (nSPS) is 16.3. The topological polar surface area (TPSA) is 75.7 Å². The molecular formula is C20H20N2O4. The number of fused-ring (bicyclic) bond motifs is 1. The van der Waals surface area contributed by atoms with E-state index in [0.29, 0.717) is 16.9 Å². The summed E-state index contributed by atoms with van der Waals surface area (Å²) in [7, 11) is 0. The van der Waals surface area contributed by atoms with Crippen LogP contribution >= 0.6 is 0 Å². The van der Waals surface area contributed by atoms with Crippen molar-refractivity contribution in [2.75, 3.05) is 16.8 Å². The third kappa shape index (κ3) is 3.59. The molecule has 3 rings (SSSR count). The number of anilines is 2. The number of benzene rings is 2. The van der Waals surface area contributed by atoms with Crippen LogP contribution in [0.2, 0.25) is 0 Å². The average Bonchev–Trinajstić information content (AvgIpc) is 2.74. The van der Waals surface area contributed by atoms with E-state index >= 15 is 0 Å². The van der Waals surface area contributed by atoms with Crippen LogP contribution in [0.25, 0.3) is 0 Å². The second-order valence-corrected chi connectivity index (χ2v) is 6.27. The molecule has 1 N–H and O–H groups in total. The molecule has 0 fully saturated rings. The minimum absolute atomic E-state index is 0.155. The fraction of sp³-hybridized carbons (Fsp3) is 0.250. The molecule has 0 bridgehead atoms. The van der Waals surface area contributed by atoms with Crippen molar-refractivity contribution >= 4 is 29.2 Å².